The molecule has 0 aliphatic carbocycles. The molecule has 0 aliphatic rings. The molecule has 124 valence electrons. The first kappa shape index (κ1) is 17.1. The summed E-state index contributed by atoms with van der Waals surface area (Å²) in [7, 11) is 1.20. The highest BCUT2D eigenvalue weighted by molar-refractivity contribution is 5.83. The summed E-state index contributed by atoms with van der Waals surface area (Å²) in [6.45, 7) is -0.622. The number of rotatable bonds is 4. The molecule has 0 bridgehead atoms. The van der Waals surface area contributed by atoms with Gasteiger partial charge in [0.25, 0.3) is 0 Å². The third-order valence-electron chi connectivity index (χ3n) is 3.43. The van der Waals surface area contributed by atoms with Crippen LogP contribution in [0.2, 0.25) is 0 Å². The summed E-state index contributed by atoms with van der Waals surface area (Å²) in [6, 6.07) is 12.7. The van der Waals surface area contributed by atoms with Crippen molar-refractivity contribution in [1.82, 2.24) is 10.2 Å². The summed E-state index contributed by atoms with van der Waals surface area (Å²) < 4.78 is 36.8. The number of hydrogen-bond acceptors (Lipinski definition) is 2. The molecule has 0 heterocycles. The van der Waals surface area contributed by atoms with Gasteiger partial charge in [-0.2, -0.15) is 13.2 Å². The lowest BCUT2D eigenvalue weighted by Crippen LogP contribution is -2.45. The number of likely N-dealkylation sites (N-methyl/N-ethyl adjacent to an activating group) is 1. The van der Waals surface area contributed by atoms with Gasteiger partial charge >= 0.3 is 12.2 Å². The number of alkyl halides is 3. The Hall–Kier alpha value is -2.28. The molecule has 2 rings (SSSR count). The van der Waals surface area contributed by atoms with E-state index >= 15 is 0 Å². The minimum absolute atomic E-state index is 0.191. The second-order valence-corrected chi connectivity index (χ2v) is 5.28. The number of nitrogens with one attached hydrogen (secondary N) is 1. The maximum Gasteiger partial charge on any atom is 0.416 e. The van der Waals surface area contributed by atoms with Crippen molar-refractivity contribution in [2.45, 2.75) is 18.8 Å². The number of benzene rings is 2. The van der Waals surface area contributed by atoms with E-state index in [2.05, 4.69) is 5.32 Å². The topological polar surface area (TPSA) is 52.6 Å². The van der Waals surface area contributed by atoms with Crippen LogP contribution in [-0.2, 0) is 6.54 Å². The molecule has 2 amide bonds. The molecule has 0 saturated carbocycles. The van der Waals surface area contributed by atoms with Crippen molar-refractivity contribution in [3.63, 3.8) is 0 Å². The number of aliphatic hydroxyl groups excluding tert-OH is 1. The summed E-state index contributed by atoms with van der Waals surface area (Å²) in [5.74, 6) is 0. The summed E-state index contributed by atoms with van der Waals surface area (Å²) in [4.78, 5) is 12.6. The van der Waals surface area contributed by atoms with Gasteiger partial charge in [0.1, 0.15) is 0 Å². The Labute approximate surface area is 131 Å². The Morgan fingerprint density at radius 1 is 1.22 bits per heavy atom. The van der Waals surface area contributed by atoms with Crippen LogP contribution >= 0.6 is 0 Å². The molecule has 1 atom stereocenters. The van der Waals surface area contributed by atoms with E-state index < -0.39 is 24.9 Å². The van der Waals surface area contributed by atoms with E-state index in [-0.39, 0.29) is 6.54 Å². The summed E-state index contributed by atoms with van der Waals surface area (Å²) >= 11 is 0. The number of fused-ring (bicyclic) bond motifs is 1. The van der Waals surface area contributed by atoms with E-state index in [4.69, 9.17) is 5.11 Å². The van der Waals surface area contributed by atoms with Gasteiger partial charge < -0.3 is 15.3 Å². The zero-order valence-corrected chi connectivity index (χ0v) is 12.5. The number of aliphatic hydroxyl groups is 1. The van der Waals surface area contributed by atoms with Gasteiger partial charge in [-0.3, -0.25) is 0 Å². The lowest BCUT2D eigenvalue weighted by molar-refractivity contribution is -0.205. The molecule has 2 N–H and O–H groups in total. The Morgan fingerprint density at radius 3 is 2.52 bits per heavy atom. The predicted molar refractivity (Wildman–Crippen MR) is 80.9 cm³/mol. The quantitative estimate of drug-likeness (QED) is 0.908. The van der Waals surface area contributed by atoms with Gasteiger partial charge in [0.15, 0.2) is 6.10 Å². The van der Waals surface area contributed by atoms with Crippen molar-refractivity contribution in [1.29, 1.82) is 0 Å². The number of halogens is 3. The van der Waals surface area contributed by atoms with Crippen LogP contribution in [0.4, 0.5) is 18.0 Å². The average molecular weight is 326 g/mol. The van der Waals surface area contributed by atoms with E-state index in [1.807, 2.05) is 42.5 Å². The second kappa shape index (κ2) is 6.87. The highest BCUT2D eigenvalue weighted by Gasteiger charge is 2.39. The Bertz CT molecular complexity index is 688. The molecular formula is C16H17F3N2O2. The minimum Gasteiger partial charge on any atom is -0.382 e. The smallest absolute Gasteiger partial charge is 0.382 e. The molecule has 0 saturated heterocycles. The fourth-order valence-corrected chi connectivity index (χ4v) is 2.11. The predicted octanol–water partition coefficient (Wildman–Crippen LogP) is 2.90. The number of amides is 2. The highest BCUT2D eigenvalue weighted by atomic mass is 19.4. The first-order chi connectivity index (χ1) is 10.8. The maximum atomic E-state index is 12.3. The highest BCUT2D eigenvalue weighted by Crippen LogP contribution is 2.20. The molecule has 2 aromatic rings. The molecular weight excluding hydrogens is 309 g/mol. The van der Waals surface area contributed by atoms with E-state index in [0.29, 0.717) is 0 Å². The zero-order valence-electron chi connectivity index (χ0n) is 12.5. The molecule has 4 nitrogen and oxygen atoms in total. The Morgan fingerprint density at radius 2 is 1.87 bits per heavy atom. The first-order valence-corrected chi connectivity index (χ1v) is 6.99. The minimum atomic E-state index is -4.74. The average Bonchev–Trinajstić information content (AvgIpc) is 2.51. The fourth-order valence-electron chi connectivity index (χ4n) is 2.11. The van der Waals surface area contributed by atoms with E-state index in [1.54, 1.807) is 0 Å². The van der Waals surface area contributed by atoms with Crippen molar-refractivity contribution < 1.29 is 23.1 Å². The van der Waals surface area contributed by atoms with Crippen molar-refractivity contribution in [3.8, 4) is 0 Å². The van der Waals surface area contributed by atoms with Gasteiger partial charge in [-0.15, -0.1) is 0 Å². The van der Waals surface area contributed by atoms with Crippen molar-refractivity contribution >= 4 is 16.8 Å². The van der Waals surface area contributed by atoms with Gasteiger partial charge in [-0.1, -0.05) is 36.4 Å². The largest absolute Gasteiger partial charge is 0.416 e. The van der Waals surface area contributed by atoms with Gasteiger partial charge in [0, 0.05) is 13.6 Å². The number of nitrogens with zero attached hydrogens (tertiary/aromatic N) is 1. The van der Waals surface area contributed by atoms with Crippen LogP contribution in [0.5, 0.6) is 0 Å². The number of hydrogen-bond donors (Lipinski definition) is 2. The van der Waals surface area contributed by atoms with Gasteiger partial charge in [0.2, 0.25) is 0 Å². The SMILES string of the molecule is CN(C[C@H](O)C(F)(F)F)C(=O)NCc1ccc2ccccc2c1. The van der Waals surface area contributed by atoms with Crippen molar-refractivity contribution in [2.24, 2.45) is 0 Å². The summed E-state index contributed by atoms with van der Waals surface area (Å²) in [6.07, 6.45) is -7.30. The van der Waals surface area contributed by atoms with E-state index in [1.165, 1.54) is 7.05 Å². The number of urea groups is 1. The molecule has 0 unspecified atom stereocenters. The Balaban J connectivity index is 1.92. The molecule has 0 aromatic heterocycles. The molecule has 0 aliphatic heterocycles. The van der Waals surface area contributed by atoms with Crippen LogP contribution < -0.4 is 5.32 Å². The van der Waals surface area contributed by atoms with Crippen molar-refractivity contribution in [3.05, 3.63) is 48.0 Å². The summed E-state index contributed by atoms with van der Waals surface area (Å²) in [5, 5.41) is 13.6. The van der Waals surface area contributed by atoms with Crippen LogP contribution in [0, 0.1) is 0 Å². The van der Waals surface area contributed by atoms with Crippen LogP contribution in [0.3, 0.4) is 0 Å². The molecule has 0 fully saturated rings. The molecule has 7 heteroatoms. The maximum absolute atomic E-state index is 12.3. The van der Waals surface area contributed by atoms with Crippen LogP contribution in [0.25, 0.3) is 10.8 Å². The third kappa shape index (κ3) is 4.59. The lowest BCUT2D eigenvalue weighted by Gasteiger charge is -2.22. The normalized spacial score (nSPS) is 12.9. The van der Waals surface area contributed by atoms with Crippen LogP contribution in [0.1, 0.15) is 5.56 Å². The fraction of sp³-hybridized carbons (Fsp3) is 0.312. The Kier molecular flexibility index (Phi) is 5.10. The first-order valence-electron chi connectivity index (χ1n) is 6.99. The summed E-state index contributed by atoms with van der Waals surface area (Å²) in [5.41, 5.74) is 0.835. The van der Waals surface area contributed by atoms with Gasteiger partial charge in [-0.25, -0.2) is 4.79 Å². The zero-order chi connectivity index (χ0) is 17.0. The van der Waals surface area contributed by atoms with E-state index in [9.17, 15) is 18.0 Å². The third-order valence-corrected chi connectivity index (χ3v) is 3.43. The standard InChI is InChI=1S/C16H17F3N2O2/c1-21(10-14(22)16(17,18)19)15(23)20-9-11-6-7-12-4-2-3-5-13(12)8-11/h2-8,14,22H,9-10H2,1H3,(H,20,23)/t14-/m0/s1. The number of carbonyl (C=O) groups is 1. The molecule has 0 radical (unpaired) electrons. The molecule has 23 heavy (non-hydrogen) atoms. The monoisotopic (exact) mass is 326 g/mol. The van der Waals surface area contributed by atoms with Crippen LogP contribution in [0.15, 0.2) is 42.5 Å². The molecule has 2 aromatic carbocycles. The van der Waals surface area contributed by atoms with Gasteiger partial charge in [0.05, 0.1) is 6.54 Å². The van der Waals surface area contributed by atoms with Crippen molar-refractivity contribution in [2.75, 3.05) is 13.6 Å². The molecule has 0 spiro atoms. The van der Waals surface area contributed by atoms with Crippen LogP contribution in [-0.4, -0.2) is 41.9 Å². The lowest BCUT2D eigenvalue weighted by atomic mass is 10.1. The second-order valence-electron chi connectivity index (χ2n) is 5.28. The van der Waals surface area contributed by atoms with E-state index in [0.717, 1.165) is 21.2 Å². The number of carbonyl (C=O) groups excluding carboxylic acids is 1. The van der Waals surface area contributed by atoms with Gasteiger partial charge in [-0.05, 0) is 22.4 Å².